The number of halogens is 1. The van der Waals surface area contributed by atoms with Crippen LogP contribution in [0.15, 0.2) is 12.3 Å². The summed E-state index contributed by atoms with van der Waals surface area (Å²) in [5, 5.41) is 0.383. The molecule has 1 atom stereocenters. The number of carbonyl (C=O) groups is 2. The molecule has 7 heteroatoms. The number of nitrogens with zero attached hydrogens (tertiary/aromatic N) is 2. The maximum absolute atomic E-state index is 11.9. The molecule has 1 aliphatic heterocycles. The van der Waals surface area contributed by atoms with Crippen molar-refractivity contribution in [1.29, 1.82) is 0 Å². The molecule has 0 aromatic carbocycles. The highest BCUT2D eigenvalue weighted by molar-refractivity contribution is 6.31. The van der Waals surface area contributed by atoms with Gasteiger partial charge in [-0.1, -0.05) is 11.6 Å². The molecule has 18 heavy (non-hydrogen) atoms. The van der Waals surface area contributed by atoms with E-state index in [1.807, 2.05) is 0 Å². The van der Waals surface area contributed by atoms with Crippen LogP contribution in [-0.2, 0) is 14.3 Å². The molecule has 1 unspecified atom stereocenters. The number of esters is 1. The van der Waals surface area contributed by atoms with Gasteiger partial charge < -0.3 is 15.4 Å². The molecular formula is C11H12ClN3O3. The summed E-state index contributed by atoms with van der Waals surface area (Å²) >= 11 is 5.82. The van der Waals surface area contributed by atoms with E-state index in [0.717, 1.165) is 0 Å². The third-order valence-electron chi connectivity index (χ3n) is 2.81. The second-order valence-corrected chi connectivity index (χ2v) is 4.42. The SMILES string of the molecule is COC(=O)C1CC(=O)N(c2cc(Cl)cnc2N)C1. The van der Waals surface area contributed by atoms with Crippen molar-refractivity contribution >= 4 is 35.0 Å². The normalized spacial score (nSPS) is 19.1. The van der Waals surface area contributed by atoms with Crippen LogP contribution >= 0.6 is 11.6 Å². The molecule has 96 valence electrons. The lowest BCUT2D eigenvalue weighted by atomic mass is 10.1. The maximum Gasteiger partial charge on any atom is 0.311 e. The highest BCUT2D eigenvalue weighted by Crippen LogP contribution is 2.30. The molecule has 1 aliphatic rings. The molecule has 1 amide bonds. The van der Waals surface area contributed by atoms with Crippen molar-refractivity contribution in [2.45, 2.75) is 6.42 Å². The molecule has 1 aromatic heterocycles. The van der Waals surface area contributed by atoms with Gasteiger partial charge in [0.25, 0.3) is 0 Å². The molecular weight excluding hydrogens is 258 g/mol. The Morgan fingerprint density at radius 3 is 3.06 bits per heavy atom. The standard InChI is InChI=1S/C11H12ClN3O3/c1-18-11(17)6-2-9(16)15(5-6)8-3-7(12)4-14-10(8)13/h3-4,6H,2,5H2,1H3,(H2,13,14). The van der Waals surface area contributed by atoms with Gasteiger partial charge in [-0.15, -0.1) is 0 Å². The minimum atomic E-state index is -0.471. The summed E-state index contributed by atoms with van der Waals surface area (Å²) < 4.78 is 4.63. The predicted octanol–water partition coefficient (Wildman–Crippen LogP) is 0.843. The van der Waals surface area contributed by atoms with Crippen LogP contribution in [0.25, 0.3) is 0 Å². The Morgan fingerprint density at radius 2 is 2.39 bits per heavy atom. The van der Waals surface area contributed by atoms with E-state index < -0.39 is 11.9 Å². The van der Waals surface area contributed by atoms with Crippen molar-refractivity contribution in [3.8, 4) is 0 Å². The van der Waals surface area contributed by atoms with Crippen LogP contribution in [0.5, 0.6) is 0 Å². The van der Waals surface area contributed by atoms with E-state index in [1.165, 1.54) is 18.2 Å². The molecule has 1 saturated heterocycles. The molecule has 2 heterocycles. The van der Waals surface area contributed by atoms with E-state index in [-0.39, 0.29) is 24.7 Å². The molecule has 0 spiro atoms. The highest BCUT2D eigenvalue weighted by Gasteiger charge is 2.36. The fourth-order valence-electron chi connectivity index (χ4n) is 1.92. The number of nitrogen functional groups attached to an aromatic ring is 1. The van der Waals surface area contributed by atoms with Crippen molar-refractivity contribution < 1.29 is 14.3 Å². The first-order valence-corrected chi connectivity index (χ1v) is 5.70. The molecule has 0 radical (unpaired) electrons. The topological polar surface area (TPSA) is 85.5 Å². The van der Waals surface area contributed by atoms with Crippen molar-refractivity contribution in [3.05, 3.63) is 17.3 Å². The number of ether oxygens (including phenoxy) is 1. The van der Waals surface area contributed by atoms with Crippen LogP contribution in [0.3, 0.4) is 0 Å². The lowest BCUT2D eigenvalue weighted by Crippen LogP contribution is -2.27. The molecule has 0 bridgehead atoms. The van der Waals surface area contributed by atoms with E-state index in [4.69, 9.17) is 17.3 Å². The summed E-state index contributed by atoms with van der Waals surface area (Å²) in [6, 6.07) is 1.56. The summed E-state index contributed by atoms with van der Waals surface area (Å²) in [5.74, 6) is -0.861. The molecule has 2 rings (SSSR count). The second kappa shape index (κ2) is 4.81. The summed E-state index contributed by atoms with van der Waals surface area (Å²) in [5.41, 5.74) is 6.14. The average molecular weight is 270 g/mol. The molecule has 0 aliphatic carbocycles. The van der Waals surface area contributed by atoms with Gasteiger partial charge in [-0.05, 0) is 6.07 Å². The van der Waals surface area contributed by atoms with Gasteiger partial charge in [-0.2, -0.15) is 0 Å². The van der Waals surface area contributed by atoms with Gasteiger partial charge in [-0.3, -0.25) is 9.59 Å². The minimum Gasteiger partial charge on any atom is -0.469 e. The fourth-order valence-corrected chi connectivity index (χ4v) is 2.07. The fraction of sp³-hybridized carbons (Fsp3) is 0.364. The van der Waals surface area contributed by atoms with Gasteiger partial charge in [-0.25, -0.2) is 4.98 Å². The third kappa shape index (κ3) is 2.24. The number of hydrogen-bond donors (Lipinski definition) is 1. The van der Waals surface area contributed by atoms with Gasteiger partial charge in [0.15, 0.2) is 0 Å². The summed E-state index contributed by atoms with van der Waals surface area (Å²) in [6.07, 6.45) is 1.51. The summed E-state index contributed by atoms with van der Waals surface area (Å²) in [4.78, 5) is 28.6. The molecule has 0 saturated carbocycles. The zero-order valence-electron chi connectivity index (χ0n) is 9.72. The third-order valence-corrected chi connectivity index (χ3v) is 3.02. The number of methoxy groups -OCH3 is 1. The Hall–Kier alpha value is -1.82. The zero-order chi connectivity index (χ0) is 13.3. The average Bonchev–Trinajstić information content (AvgIpc) is 2.73. The number of nitrogens with two attached hydrogens (primary N) is 1. The van der Waals surface area contributed by atoms with E-state index in [1.54, 1.807) is 6.07 Å². The van der Waals surface area contributed by atoms with Crippen molar-refractivity contribution in [2.75, 3.05) is 24.3 Å². The van der Waals surface area contributed by atoms with Gasteiger partial charge in [0.2, 0.25) is 5.91 Å². The monoisotopic (exact) mass is 269 g/mol. The summed E-state index contributed by atoms with van der Waals surface area (Å²) in [6.45, 7) is 0.234. The lowest BCUT2D eigenvalue weighted by molar-refractivity contribution is -0.145. The molecule has 1 fully saturated rings. The number of carbonyl (C=O) groups excluding carboxylic acids is 2. The van der Waals surface area contributed by atoms with Gasteiger partial charge in [0.05, 0.1) is 23.7 Å². The van der Waals surface area contributed by atoms with Gasteiger partial charge >= 0.3 is 5.97 Å². The number of aromatic nitrogens is 1. The van der Waals surface area contributed by atoms with Crippen LogP contribution in [-0.4, -0.2) is 30.5 Å². The maximum atomic E-state index is 11.9. The summed E-state index contributed by atoms with van der Waals surface area (Å²) in [7, 11) is 1.30. The zero-order valence-corrected chi connectivity index (χ0v) is 10.5. The number of hydrogen-bond acceptors (Lipinski definition) is 5. The van der Waals surface area contributed by atoms with E-state index in [2.05, 4.69) is 9.72 Å². The quantitative estimate of drug-likeness (QED) is 0.804. The predicted molar refractivity (Wildman–Crippen MR) is 66.1 cm³/mol. The van der Waals surface area contributed by atoms with Crippen LogP contribution in [0.1, 0.15) is 6.42 Å². The van der Waals surface area contributed by atoms with E-state index >= 15 is 0 Å². The van der Waals surface area contributed by atoms with Crippen molar-refractivity contribution in [1.82, 2.24) is 4.98 Å². The first-order valence-electron chi connectivity index (χ1n) is 5.32. The Morgan fingerprint density at radius 1 is 1.67 bits per heavy atom. The second-order valence-electron chi connectivity index (χ2n) is 3.99. The first-order chi connectivity index (χ1) is 8.52. The smallest absolute Gasteiger partial charge is 0.311 e. The Kier molecular flexibility index (Phi) is 3.38. The first kappa shape index (κ1) is 12.6. The minimum absolute atomic E-state index is 0.110. The highest BCUT2D eigenvalue weighted by atomic mass is 35.5. The number of rotatable bonds is 2. The van der Waals surface area contributed by atoms with Crippen molar-refractivity contribution in [3.63, 3.8) is 0 Å². The lowest BCUT2D eigenvalue weighted by Gasteiger charge is -2.17. The van der Waals surface area contributed by atoms with Gasteiger partial charge in [0, 0.05) is 19.2 Å². The molecule has 1 aromatic rings. The van der Waals surface area contributed by atoms with E-state index in [9.17, 15) is 9.59 Å². The number of anilines is 2. The van der Waals surface area contributed by atoms with E-state index in [0.29, 0.717) is 10.7 Å². The van der Waals surface area contributed by atoms with Crippen LogP contribution < -0.4 is 10.6 Å². The Labute approximate surface area is 109 Å². The van der Waals surface area contributed by atoms with Crippen LogP contribution in [0.2, 0.25) is 5.02 Å². The molecule has 2 N–H and O–H groups in total. The molecule has 6 nitrogen and oxygen atoms in total. The van der Waals surface area contributed by atoms with Crippen LogP contribution in [0.4, 0.5) is 11.5 Å². The Bertz CT molecular complexity index is 506. The number of pyridine rings is 1. The largest absolute Gasteiger partial charge is 0.469 e. The van der Waals surface area contributed by atoms with Crippen molar-refractivity contribution in [2.24, 2.45) is 5.92 Å². The van der Waals surface area contributed by atoms with Gasteiger partial charge in [0.1, 0.15) is 5.82 Å². The van der Waals surface area contributed by atoms with Crippen LogP contribution in [0, 0.1) is 5.92 Å². The number of amides is 1. The Balaban J connectivity index is 2.27.